The van der Waals surface area contributed by atoms with Gasteiger partial charge >= 0.3 is 5.97 Å². The lowest BCUT2D eigenvalue weighted by Crippen LogP contribution is -2.20. The minimum absolute atomic E-state index is 0.178. The van der Waals surface area contributed by atoms with Crippen LogP contribution in [0.25, 0.3) is 0 Å². The fraction of sp³-hybridized carbons (Fsp3) is 0.714. The Hall–Kier alpha value is -0.690. The van der Waals surface area contributed by atoms with E-state index in [0.29, 0.717) is 11.7 Å². The van der Waals surface area contributed by atoms with Crippen LogP contribution in [-0.4, -0.2) is 23.1 Å². The monoisotopic (exact) mass is 171 g/mol. The van der Waals surface area contributed by atoms with E-state index in [9.17, 15) is 4.79 Å². The third-order valence-electron chi connectivity index (χ3n) is 1.38. The number of carbonyl (C=O) groups excluding carboxylic acids is 1. The smallest absolute Gasteiger partial charge is 0.302 e. The summed E-state index contributed by atoms with van der Waals surface area (Å²) in [6, 6.07) is 2.00. The molecule has 0 amide bonds. The van der Waals surface area contributed by atoms with Gasteiger partial charge in [-0.05, 0) is 0 Å². The molecule has 1 rings (SSSR count). The first-order valence-corrected chi connectivity index (χ1v) is 4.44. The van der Waals surface area contributed by atoms with Crippen molar-refractivity contribution < 1.29 is 9.53 Å². The molecule has 1 fully saturated rings. The molecule has 0 saturated carbocycles. The highest BCUT2D eigenvalue weighted by molar-refractivity contribution is 8.06. The topological polar surface area (TPSA) is 50.1 Å². The Kier molecular flexibility index (Phi) is 2.77. The van der Waals surface area contributed by atoms with Crippen LogP contribution in [-0.2, 0) is 9.53 Å². The van der Waals surface area contributed by atoms with Crippen molar-refractivity contribution in [3.8, 4) is 6.07 Å². The molecule has 0 aliphatic carbocycles. The van der Waals surface area contributed by atoms with Crippen LogP contribution in [0.15, 0.2) is 0 Å². The molecular formula is C7H9NO2S. The Bertz CT molecular complexity index is 195. The molecule has 1 aliphatic rings. The standard InChI is InChI=1S/C7H9NO2S/c1-5(9)10-6(2-3-8)7-4-11-7/h6-7H,2,4H2,1H3/t6-,7-/m0/s1. The first kappa shape index (κ1) is 8.41. The normalized spacial score (nSPS) is 23.5. The van der Waals surface area contributed by atoms with Gasteiger partial charge in [0.2, 0.25) is 0 Å². The van der Waals surface area contributed by atoms with Gasteiger partial charge in [0.25, 0.3) is 0 Å². The molecule has 60 valence electrons. The zero-order valence-corrected chi connectivity index (χ0v) is 7.06. The van der Waals surface area contributed by atoms with E-state index in [-0.39, 0.29) is 12.1 Å². The second-order valence-corrected chi connectivity index (χ2v) is 3.65. The molecule has 0 N–H and O–H groups in total. The lowest BCUT2D eigenvalue weighted by atomic mass is 10.2. The lowest BCUT2D eigenvalue weighted by Gasteiger charge is -2.10. The van der Waals surface area contributed by atoms with Crippen LogP contribution in [0.4, 0.5) is 0 Å². The quantitative estimate of drug-likeness (QED) is 0.468. The summed E-state index contributed by atoms with van der Waals surface area (Å²) >= 11 is 1.73. The molecule has 11 heavy (non-hydrogen) atoms. The van der Waals surface area contributed by atoms with Gasteiger partial charge in [0.15, 0.2) is 0 Å². The summed E-state index contributed by atoms with van der Waals surface area (Å²) in [5.74, 6) is 0.720. The maximum absolute atomic E-state index is 10.5. The first-order chi connectivity index (χ1) is 5.24. The predicted molar refractivity (Wildman–Crippen MR) is 42.0 cm³/mol. The van der Waals surface area contributed by atoms with E-state index < -0.39 is 0 Å². The van der Waals surface area contributed by atoms with Gasteiger partial charge in [-0.2, -0.15) is 17.0 Å². The highest BCUT2D eigenvalue weighted by Crippen LogP contribution is 2.35. The molecule has 2 atom stereocenters. The molecule has 0 bridgehead atoms. The molecule has 1 heterocycles. The first-order valence-electron chi connectivity index (χ1n) is 3.40. The number of thioether (sulfide) groups is 1. The number of nitriles is 1. The Balaban J connectivity index is 2.33. The van der Waals surface area contributed by atoms with E-state index in [1.807, 2.05) is 6.07 Å². The second-order valence-electron chi connectivity index (χ2n) is 2.38. The van der Waals surface area contributed by atoms with Crippen LogP contribution >= 0.6 is 11.8 Å². The summed E-state index contributed by atoms with van der Waals surface area (Å²) < 4.78 is 4.93. The molecule has 3 nitrogen and oxygen atoms in total. The fourth-order valence-corrected chi connectivity index (χ4v) is 1.51. The molecule has 0 aromatic heterocycles. The van der Waals surface area contributed by atoms with Gasteiger partial charge in [-0.15, -0.1) is 0 Å². The van der Waals surface area contributed by atoms with Crippen LogP contribution in [0.5, 0.6) is 0 Å². The fourth-order valence-electron chi connectivity index (χ4n) is 0.822. The zero-order valence-electron chi connectivity index (χ0n) is 6.24. The van der Waals surface area contributed by atoms with Crippen LogP contribution in [0.1, 0.15) is 13.3 Å². The highest BCUT2D eigenvalue weighted by Gasteiger charge is 2.34. The molecule has 0 aromatic carbocycles. The molecular weight excluding hydrogens is 162 g/mol. The Labute approximate surface area is 69.7 Å². The number of hydrogen-bond acceptors (Lipinski definition) is 4. The Morgan fingerprint density at radius 3 is 3.00 bits per heavy atom. The number of carbonyl (C=O) groups is 1. The highest BCUT2D eigenvalue weighted by atomic mass is 32.2. The minimum atomic E-state index is -0.294. The molecule has 4 heteroatoms. The van der Waals surface area contributed by atoms with Crippen LogP contribution in [0, 0.1) is 11.3 Å². The van der Waals surface area contributed by atoms with Crippen molar-refractivity contribution in [2.45, 2.75) is 24.7 Å². The van der Waals surface area contributed by atoms with E-state index >= 15 is 0 Å². The molecule has 1 saturated heterocycles. The van der Waals surface area contributed by atoms with Crippen LogP contribution in [0.3, 0.4) is 0 Å². The number of rotatable bonds is 3. The summed E-state index contributed by atoms with van der Waals surface area (Å²) in [7, 11) is 0. The van der Waals surface area contributed by atoms with Gasteiger partial charge in [0, 0.05) is 12.7 Å². The van der Waals surface area contributed by atoms with Gasteiger partial charge in [-0.25, -0.2) is 0 Å². The van der Waals surface area contributed by atoms with Gasteiger partial charge < -0.3 is 4.74 Å². The second kappa shape index (κ2) is 3.63. The van der Waals surface area contributed by atoms with Crippen molar-refractivity contribution in [1.29, 1.82) is 5.26 Å². The molecule has 0 spiro atoms. The summed E-state index contributed by atoms with van der Waals surface area (Å²) in [6.07, 6.45) is 0.138. The molecule has 0 radical (unpaired) electrons. The van der Waals surface area contributed by atoms with Crippen LogP contribution < -0.4 is 0 Å². The summed E-state index contributed by atoms with van der Waals surface area (Å²) in [5, 5.41) is 8.75. The predicted octanol–water partition coefficient (Wildman–Crippen LogP) is 0.947. The van der Waals surface area contributed by atoms with Gasteiger partial charge in [0.1, 0.15) is 6.10 Å². The average molecular weight is 171 g/mol. The Morgan fingerprint density at radius 1 is 2.00 bits per heavy atom. The average Bonchev–Trinajstić information content (AvgIpc) is 2.66. The van der Waals surface area contributed by atoms with E-state index in [1.54, 1.807) is 11.8 Å². The van der Waals surface area contributed by atoms with Gasteiger partial charge in [-0.1, -0.05) is 0 Å². The number of esters is 1. The molecule has 0 aromatic rings. The lowest BCUT2D eigenvalue weighted by molar-refractivity contribution is -0.145. The number of nitrogens with zero attached hydrogens (tertiary/aromatic N) is 1. The SMILES string of the molecule is CC(=O)O[C@@H](CC#N)[C@@H]1CS1. The zero-order chi connectivity index (χ0) is 8.27. The molecule has 0 unspecified atom stereocenters. The van der Waals surface area contributed by atoms with Crippen molar-refractivity contribution >= 4 is 17.7 Å². The number of hydrogen-bond donors (Lipinski definition) is 0. The third-order valence-corrected chi connectivity index (χ3v) is 2.41. The van der Waals surface area contributed by atoms with Crippen LogP contribution in [0.2, 0.25) is 0 Å². The van der Waals surface area contributed by atoms with Gasteiger partial charge in [-0.3, -0.25) is 4.79 Å². The summed E-state index contributed by atoms with van der Waals surface area (Å²) in [6.45, 7) is 1.37. The summed E-state index contributed by atoms with van der Waals surface area (Å²) in [5.41, 5.74) is 0. The van der Waals surface area contributed by atoms with Crippen molar-refractivity contribution in [2.24, 2.45) is 0 Å². The van der Waals surface area contributed by atoms with Crippen molar-refractivity contribution in [3.05, 3.63) is 0 Å². The Morgan fingerprint density at radius 2 is 2.64 bits per heavy atom. The number of ether oxygens (including phenoxy) is 1. The van der Waals surface area contributed by atoms with E-state index in [4.69, 9.17) is 10.00 Å². The largest absolute Gasteiger partial charge is 0.460 e. The molecule has 1 aliphatic heterocycles. The van der Waals surface area contributed by atoms with Crippen molar-refractivity contribution in [1.82, 2.24) is 0 Å². The maximum atomic E-state index is 10.5. The van der Waals surface area contributed by atoms with E-state index in [0.717, 1.165) is 5.75 Å². The minimum Gasteiger partial charge on any atom is -0.460 e. The maximum Gasteiger partial charge on any atom is 0.302 e. The van der Waals surface area contributed by atoms with E-state index in [2.05, 4.69) is 0 Å². The van der Waals surface area contributed by atoms with E-state index in [1.165, 1.54) is 6.92 Å². The van der Waals surface area contributed by atoms with Gasteiger partial charge in [0.05, 0.1) is 17.7 Å². The third kappa shape index (κ3) is 2.81. The van der Waals surface area contributed by atoms with Crippen molar-refractivity contribution in [2.75, 3.05) is 5.75 Å². The summed E-state index contributed by atoms with van der Waals surface area (Å²) in [4.78, 5) is 10.5. The van der Waals surface area contributed by atoms with Crippen molar-refractivity contribution in [3.63, 3.8) is 0 Å².